The van der Waals surface area contributed by atoms with Crippen molar-refractivity contribution in [2.24, 2.45) is 0 Å². The second kappa shape index (κ2) is 6.31. The van der Waals surface area contributed by atoms with Gasteiger partial charge in [-0.25, -0.2) is 9.97 Å². The van der Waals surface area contributed by atoms with Gasteiger partial charge in [0.05, 0.1) is 0 Å². The molecule has 2 rings (SSSR count). The Kier molecular flexibility index (Phi) is 4.68. The largest absolute Gasteiger partial charge is 0.319 e. The molecule has 0 aromatic carbocycles. The molecule has 0 fully saturated rings. The highest BCUT2D eigenvalue weighted by Gasteiger charge is 2.16. The van der Waals surface area contributed by atoms with E-state index in [1.165, 1.54) is 5.56 Å². The molecule has 112 valence electrons. The zero-order chi connectivity index (χ0) is 15.6. The maximum absolute atomic E-state index is 4.70. The number of nitrogens with zero attached hydrogens (tertiary/aromatic N) is 3. The summed E-state index contributed by atoms with van der Waals surface area (Å²) < 4.78 is 0. The van der Waals surface area contributed by atoms with Gasteiger partial charge in [-0.3, -0.25) is 4.98 Å². The normalized spacial score (nSPS) is 12.5. The number of hydrogen-bond acceptors (Lipinski definition) is 4. The number of likely N-dealkylation sites (N-methyl/N-ethyl adjacent to an activating group) is 1. The Morgan fingerprint density at radius 1 is 1.10 bits per heavy atom. The summed E-state index contributed by atoms with van der Waals surface area (Å²) in [4.78, 5) is 13.9. The molecule has 0 amide bonds. The maximum atomic E-state index is 4.70. The maximum Gasteiger partial charge on any atom is 0.178 e. The molecule has 0 aliphatic carbocycles. The van der Waals surface area contributed by atoms with Crippen LogP contribution in [0.15, 0.2) is 12.3 Å². The van der Waals surface area contributed by atoms with Crippen molar-refractivity contribution in [3.8, 4) is 11.5 Å². The van der Waals surface area contributed by atoms with Crippen molar-refractivity contribution in [2.75, 3.05) is 13.6 Å². The first-order chi connectivity index (χ1) is 9.93. The molecule has 0 aliphatic rings. The van der Waals surface area contributed by atoms with Crippen LogP contribution in [-0.2, 0) is 0 Å². The van der Waals surface area contributed by atoms with Crippen LogP contribution in [0.4, 0.5) is 0 Å². The van der Waals surface area contributed by atoms with E-state index in [0.29, 0.717) is 5.92 Å². The minimum Gasteiger partial charge on any atom is -0.319 e. The van der Waals surface area contributed by atoms with E-state index in [2.05, 4.69) is 44.1 Å². The van der Waals surface area contributed by atoms with Crippen molar-refractivity contribution < 1.29 is 0 Å². The van der Waals surface area contributed by atoms with Crippen LogP contribution >= 0.6 is 0 Å². The summed E-state index contributed by atoms with van der Waals surface area (Å²) in [7, 11) is 1.97. The molecular weight excluding hydrogens is 260 g/mol. The predicted molar refractivity (Wildman–Crippen MR) is 86.6 cm³/mol. The van der Waals surface area contributed by atoms with Crippen molar-refractivity contribution in [1.29, 1.82) is 0 Å². The van der Waals surface area contributed by atoms with E-state index in [4.69, 9.17) is 9.97 Å². The second-order valence-corrected chi connectivity index (χ2v) is 5.77. The molecule has 0 saturated carbocycles. The second-order valence-electron chi connectivity index (χ2n) is 5.77. The van der Waals surface area contributed by atoms with Crippen LogP contribution < -0.4 is 5.32 Å². The number of rotatable bonds is 4. The summed E-state index contributed by atoms with van der Waals surface area (Å²) in [5, 5.41) is 3.21. The summed E-state index contributed by atoms with van der Waals surface area (Å²) in [6.45, 7) is 11.3. The predicted octanol–water partition coefficient (Wildman–Crippen LogP) is 3.10. The number of hydrogen-bond donors (Lipinski definition) is 1. The number of aromatic nitrogens is 3. The lowest BCUT2D eigenvalue weighted by Crippen LogP contribution is -2.18. The smallest absolute Gasteiger partial charge is 0.178 e. The van der Waals surface area contributed by atoms with Crippen LogP contribution in [0, 0.1) is 27.7 Å². The summed E-state index contributed by atoms with van der Waals surface area (Å²) in [5.74, 6) is 1.12. The molecule has 2 aromatic rings. The van der Waals surface area contributed by atoms with Crippen LogP contribution in [0.5, 0.6) is 0 Å². The zero-order valence-corrected chi connectivity index (χ0v) is 13.8. The van der Waals surface area contributed by atoms with E-state index in [0.717, 1.165) is 40.6 Å². The van der Waals surface area contributed by atoms with Gasteiger partial charge >= 0.3 is 0 Å². The van der Waals surface area contributed by atoms with Crippen molar-refractivity contribution in [2.45, 2.75) is 40.5 Å². The molecule has 0 spiro atoms. The lowest BCUT2D eigenvalue weighted by molar-refractivity contribution is 0.662. The van der Waals surface area contributed by atoms with Gasteiger partial charge in [-0.05, 0) is 57.4 Å². The molecule has 1 unspecified atom stereocenters. The van der Waals surface area contributed by atoms with Crippen molar-refractivity contribution in [3.63, 3.8) is 0 Å². The van der Waals surface area contributed by atoms with E-state index >= 15 is 0 Å². The van der Waals surface area contributed by atoms with Gasteiger partial charge in [0, 0.05) is 24.1 Å². The Bertz CT molecular complexity index is 626. The van der Waals surface area contributed by atoms with Crippen molar-refractivity contribution >= 4 is 0 Å². The Morgan fingerprint density at radius 3 is 2.24 bits per heavy atom. The Hall–Kier alpha value is -1.81. The molecule has 1 atom stereocenters. The van der Waals surface area contributed by atoms with Gasteiger partial charge in [-0.15, -0.1) is 0 Å². The summed E-state index contributed by atoms with van der Waals surface area (Å²) in [6.07, 6.45) is 1.87. The van der Waals surface area contributed by atoms with Gasteiger partial charge in [-0.1, -0.05) is 13.0 Å². The fourth-order valence-corrected chi connectivity index (χ4v) is 2.90. The number of pyridine rings is 1. The van der Waals surface area contributed by atoms with Crippen LogP contribution in [0.2, 0.25) is 0 Å². The van der Waals surface area contributed by atoms with Gasteiger partial charge in [0.2, 0.25) is 0 Å². The lowest BCUT2D eigenvalue weighted by atomic mass is 9.98. The molecule has 0 radical (unpaired) electrons. The molecule has 2 aromatic heterocycles. The minimum absolute atomic E-state index is 0.399. The average molecular weight is 284 g/mol. The summed E-state index contributed by atoms with van der Waals surface area (Å²) in [6, 6.07) is 2.12. The van der Waals surface area contributed by atoms with Gasteiger partial charge in [0.15, 0.2) is 5.82 Å². The van der Waals surface area contributed by atoms with Crippen molar-refractivity contribution in [3.05, 3.63) is 40.3 Å². The van der Waals surface area contributed by atoms with Crippen LogP contribution in [0.25, 0.3) is 11.5 Å². The molecule has 0 aliphatic heterocycles. The SMILES string of the molecule is CNCC(C)c1c(C)nc(-c2ncc(C)cc2C)nc1C. The first kappa shape index (κ1) is 15.6. The Labute approximate surface area is 127 Å². The van der Waals surface area contributed by atoms with E-state index in [1.807, 2.05) is 20.2 Å². The van der Waals surface area contributed by atoms with Gasteiger partial charge < -0.3 is 5.32 Å². The van der Waals surface area contributed by atoms with Crippen molar-refractivity contribution in [1.82, 2.24) is 20.3 Å². The molecule has 4 nitrogen and oxygen atoms in total. The molecule has 0 bridgehead atoms. The third kappa shape index (κ3) is 3.27. The van der Waals surface area contributed by atoms with E-state index in [-0.39, 0.29) is 0 Å². The van der Waals surface area contributed by atoms with E-state index in [1.54, 1.807) is 0 Å². The molecular formula is C17H24N4. The molecule has 1 N–H and O–H groups in total. The number of aryl methyl sites for hydroxylation is 4. The molecule has 21 heavy (non-hydrogen) atoms. The standard InChI is InChI=1S/C17H24N4/c1-10-7-11(2)16(19-8-10)17-20-13(4)15(14(5)21-17)12(3)9-18-6/h7-8,12,18H,9H2,1-6H3. The van der Waals surface area contributed by atoms with Crippen LogP contribution in [0.1, 0.15) is 40.9 Å². The monoisotopic (exact) mass is 284 g/mol. The third-order valence-corrected chi connectivity index (χ3v) is 3.76. The zero-order valence-electron chi connectivity index (χ0n) is 13.8. The molecule has 0 saturated heterocycles. The molecule has 4 heteroatoms. The first-order valence-electron chi connectivity index (χ1n) is 7.37. The highest BCUT2D eigenvalue weighted by molar-refractivity contribution is 5.56. The fraction of sp³-hybridized carbons (Fsp3) is 0.471. The van der Waals surface area contributed by atoms with Gasteiger partial charge in [0.25, 0.3) is 0 Å². The highest BCUT2D eigenvalue weighted by Crippen LogP contribution is 2.25. The summed E-state index contributed by atoms with van der Waals surface area (Å²) in [5.41, 5.74) is 6.47. The van der Waals surface area contributed by atoms with Gasteiger partial charge in [-0.2, -0.15) is 0 Å². The van der Waals surface area contributed by atoms with Gasteiger partial charge in [0.1, 0.15) is 5.69 Å². The Balaban J connectivity index is 2.49. The van der Waals surface area contributed by atoms with Crippen LogP contribution in [0.3, 0.4) is 0 Å². The minimum atomic E-state index is 0.399. The third-order valence-electron chi connectivity index (χ3n) is 3.76. The Morgan fingerprint density at radius 2 is 1.71 bits per heavy atom. The quantitative estimate of drug-likeness (QED) is 0.937. The highest BCUT2D eigenvalue weighted by atomic mass is 14.9. The average Bonchev–Trinajstić information content (AvgIpc) is 2.37. The summed E-state index contributed by atoms with van der Waals surface area (Å²) >= 11 is 0. The fourth-order valence-electron chi connectivity index (χ4n) is 2.90. The number of nitrogens with one attached hydrogen (secondary N) is 1. The first-order valence-corrected chi connectivity index (χ1v) is 7.37. The van der Waals surface area contributed by atoms with Crippen LogP contribution in [-0.4, -0.2) is 28.5 Å². The van der Waals surface area contributed by atoms with E-state index in [9.17, 15) is 0 Å². The molecule has 2 heterocycles. The lowest BCUT2D eigenvalue weighted by Gasteiger charge is -2.17. The topological polar surface area (TPSA) is 50.7 Å². The van der Waals surface area contributed by atoms with E-state index < -0.39 is 0 Å².